The zero-order chi connectivity index (χ0) is 12.6. The molecule has 2 rings (SSSR count). The van der Waals surface area contributed by atoms with Crippen LogP contribution in [0.1, 0.15) is 12.5 Å². The van der Waals surface area contributed by atoms with E-state index in [1.807, 2.05) is 6.92 Å². The van der Waals surface area contributed by atoms with Crippen LogP contribution >= 0.6 is 11.6 Å². The molecule has 2 aromatic heterocycles. The van der Waals surface area contributed by atoms with E-state index in [0.29, 0.717) is 23.1 Å². The number of rotatable bonds is 2. The molecule has 0 aliphatic carbocycles. The highest BCUT2D eigenvalue weighted by atomic mass is 35.5. The van der Waals surface area contributed by atoms with Crippen molar-refractivity contribution in [2.75, 3.05) is 7.11 Å². The molecule has 0 bridgehead atoms. The molecule has 0 saturated carbocycles. The smallest absolute Gasteiger partial charge is 0.255 e. The van der Waals surface area contributed by atoms with Crippen LogP contribution in [0.3, 0.4) is 0 Å². The van der Waals surface area contributed by atoms with Crippen molar-refractivity contribution in [3.8, 4) is 5.75 Å². The molecule has 90 valence electrons. The second kappa shape index (κ2) is 4.33. The van der Waals surface area contributed by atoms with Gasteiger partial charge >= 0.3 is 0 Å². The van der Waals surface area contributed by atoms with E-state index in [1.165, 1.54) is 13.3 Å². The van der Waals surface area contributed by atoms with Crippen molar-refractivity contribution in [2.45, 2.75) is 13.3 Å². The lowest BCUT2D eigenvalue weighted by Crippen LogP contribution is -2.14. The minimum absolute atomic E-state index is 0.0176. The Hall–Kier alpha value is -1.62. The first-order chi connectivity index (χ1) is 8.10. The fourth-order valence-corrected chi connectivity index (χ4v) is 1.91. The van der Waals surface area contributed by atoms with Crippen molar-refractivity contribution in [3.05, 3.63) is 33.1 Å². The molecule has 0 fully saturated rings. The number of nitrogens with one attached hydrogen (secondary N) is 1. The monoisotopic (exact) mass is 256 g/mol. The maximum absolute atomic E-state index is 13.7. The molecule has 0 atom stereocenters. The third-order valence-electron chi connectivity index (χ3n) is 2.57. The highest BCUT2D eigenvalue weighted by Crippen LogP contribution is 2.29. The minimum atomic E-state index is -0.748. The maximum Gasteiger partial charge on any atom is 0.255 e. The summed E-state index contributed by atoms with van der Waals surface area (Å²) >= 11 is 5.56. The Balaban J connectivity index is 2.98. The van der Waals surface area contributed by atoms with Crippen molar-refractivity contribution < 1.29 is 9.13 Å². The lowest BCUT2D eigenvalue weighted by Gasteiger charge is -2.10. The Morgan fingerprint density at radius 2 is 2.29 bits per heavy atom. The van der Waals surface area contributed by atoms with Gasteiger partial charge in [0.1, 0.15) is 5.75 Å². The zero-order valence-corrected chi connectivity index (χ0v) is 10.1. The normalized spacial score (nSPS) is 10.8. The van der Waals surface area contributed by atoms with Crippen LogP contribution in [0.4, 0.5) is 4.39 Å². The van der Waals surface area contributed by atoms with Gasteiger partial charge in [-0.3, -0.25) is 4.79 Å². The van der Waals surface area contributed by atoms with Gasteiger partial charge in [0, 0.05) is 6.20 Å². The summed E-state index contributed by atoms with van der Waals surface area (Å²) in [5.41, 5.74) is 0.102. The molecular weight excluding hydrogens is 247 g/mol. The molecule has 0 amide bonds. The Bertz CT molecular complexity index is 639. The van der Waals surface area contributed by atoms with Crippen molar-refractivity contribution in [1.82, 2.24) is 9.97 Å². The van der Waals surface area contributed by atoms with E-state index in [4.69, 9.17) is 16.3 Å². The average Bonchev–Trinajstić information content (AvgIpc) is 2.33. The first kappa shape index (κ1) is 11.9. The van der Waals surface area contributed by atoms with Crippen molar-refractivity contribution in [1.29, 1.82) is 0 Å². The summed E-state index contributed by atoms with van der Waals surface area (Å²) in [5.74, 6) is -0.406. The molecule has 17 heavy (non-hydrogen) atoms. The molecule has 1 N–H and O–H groups in total. The van der Waals surface area contributed by atoms with Crippen LogP contribution in [0.25, 0.3) is 10.9 Å². The van der Waals surface area contributed by atoms with Crippen molar-refractivity contribution in [3.63, 3.8) is 0 Å². The number of pyridine rings is 2. The van der Waals surface area contributed by atoms with Gasteiger partial charge in [0.25, 0.3) is 5.56 Å². The van der Waals surface area contributed by atoms with E-state index >= 15 is 0 Å². The molecule has 0 aliphatic heterocycles. The Labute approximate surface area is 101 Å². The van der Waals surface area contributed by atoms with Gasteiger partial charge in [-0.15, -0.1) is 0 Å². The van der Waals surface area contributed by atoms with Gasteiger partial charge in [0.15, 0.2) is 11.0 Å². The van der Waals surface area contributed by atoms with Crippen LogP contribution < -0.4 is 10.3 Å². The van der Waals surface area contributed by atoms with E-state index in [1.54, 1.807) is 0 Å². The van der Waals surface area contributed by atoms with Crippen LogP contribution in [0.15, 0.2) is 11.0 Å². The molecule has 6 heteroatoms. The number of ether oxygens (including phenoxy) is 1. The van der Waals surface area contributed by atoms with Gasteiger partial charge in [0.2, 0.25) is 0 Å². The number of aromatic amines is 1. The summed E-state index contributed by atoms with van der Waals surface area (Å²) in [6.07, 6.45) is 1.87. The minimum Gasteiger partial charge on any atom is -0.495 e. The molecule has 0 spiro atoms. The first-order valence-corrected chi connectivity index (χ1v) is 5.40. The predicted molar refractivity (Wildman–Crippen MR) is 63.3 cm³/mol. The van der Waals surface area contributed by atoms with E-state index in [9.17, 15) is 9.18 Å². The average molecular weight is 257 g/mol. The maximum atomic E-state index is 13.7. The first-order valence-electron chi connectivity index (χ1n) is 5.03. The number of hydrogen-bond donors (Lipinski definition) is 1. The molecule has 0 aromatic carbocycles. The van der Waals surface area contributed by atoms with E-state index in [0.717, 1.165) is 0 Å². The predicted octanol–water partition coefficient (Wildman–Crippen LogP) is 2.29. The SMILES string of the molecule is CCc1c(OC)c2cnc(Cl)c(F)c2[nH]c1=O. The second-order valence-electron chi connectivity index (χ2n) is 3.47. The molecule has 0 radical (unpaired) electrons. The van der Waals surface area contributed by atoms with E-state index in [2.05, 4.69) is 9.97 Å². The van der Waals surface area contributed by atoms with Gasteiger partial charge in [-0.25, -0.2) is 9.37 Å². The molecule has 4 nitrogen and oxygen atoms in total. The summed E-state index contributed by atoms with van der Waals surface area (Å²) in [4.78, 5) is 17.9. The summed E-state index contributed by atoms with van der Waals surface area (Å²) in [6.45, 7) is 1.82. The van der Waals surface area contributed by atoms with Crippen LogP contribution in [0.2, 0.25) is 5.15 Å². The largest absolute Gasteiger partial charge is 0.495 e. The van der Waals surface area contributed by atoms with Crippen molar-refractivity contribution in [2.24, 2.45) is 0 Å². The van der Waals surface area contributed by atoms with E-state index in [-0.39, 0.29) is 16.2 Å². The number of fused-ring (bicyclic) bond motifs is 1. The second-order valence-corrected chi connectivity index (χ2v) is 3.83. The highest BCUT2D eigenvalue weighted by molar-refractivity contribution is 6.30. The summed E-state index contributed by atoms with van der Waals surface area (Å²) in [5, 5.41) is 0.130. The van der Waals surface area contributed by atoms with Gasteiger partial charge in [-0.1, -0.05) is 18.5 Å². The van der Waals surface area contributed by atoms with Gasteiger partial charge < -0.3 is 9.72 Å². The van der Waals surface area contributed by atoms with Crippen LogP contribution in [-0.2, 0) is 6.42 Å². The number of aromatic nitrogens is 2. The quantitative estimate of drug-likeness (QED) is 0.839. The number of H-pyrrole nitrogens is 1. The van der Waals surface area contributed by atoms with E-state index < -0.39 is 5.82 Å². The standard InChI is InChI=1S/C11H10ClFN2O2/c1-3-5-9(17-2)6-4-14-10(12)7(13)8(6)15-11(5)16/h4H,3H2,1-2H3,(H,15,16). The van der Waals surface area contributed by atoms with Gasteiger partial charge in [0.05, 0.1) is 23.6 Å². The number of nitrogens with zero attached hydrogens (tertiary/aromatic N) is 1. The molecule has 0 saturated heterocycles. The van der Waals surface area contributed by atoms with Gasteiger partial charge in [-0.05, 0) is 6.42 Å². The van der Waals surface area contributed by atoms with Gasteiger partial charge in [-0.2, -0.15) is 0 Å². The number of halogens is 2. The number of hydrogen-bond acceptors (Lipinski definition) is 3. The molecule has 2 heterocycles. The Kier molecular flexibility index (Phi) is 3.02. The third-order valence-corrected chi connectivity index (χ3v) is 2.83. The molecular formula is C11H10ClFN2O2. The molecule has 2 aromatic rings. The lowest BCUT2D eigenvalue weighted by atomic mass is 10.1. The highest BCUT2D eigenvalue weighted by Gasteiger charge is 2.16. The topological polar surface area (TPSA) is 55.0 Å². The summed E-state index contributed by atoms with van der Waals surface area (Å²) in [7, 11) is 1.43. The third kappa shape index (κ3) is 1.76. The zero-order valence-electron chi connectivity index (χ0n) is 9.30. The van der Waals surface area contributed by atoms with Crippen LogP contribution in [-0.4, -0.2) is 17.1 Å². The van der Waals surface area contributed by atoms with Crippen molar-refractivity contribution >= 4 is 22.5 Å². The van der Waals surface area contributed by atoms with Crippen LogP contribution in [0, 0.1) is 5.82 Å². The Morgan fingerprint density at radius 3 is 2.88 bits per heavy atom. The lowest BCUT2D eigenvalue weighted by molar-refractivity contribution is 0.414. The number of methoxy groups -OCH3 is 1. The molecule has 0 aliphatic rings. The fraction of sp³-hybridized carbons (Fsp3) is 0.273. The van der Waals surface area contributed by atoms with Crippen LogP contribution in [0.5, 0.6) is 5.75 Å². The summed E-state index contributed by atoms with van der Waals surface area (Å²) < 4.78 is 18.9. The summed E-state index contributed by atoms with van der Waals surface area (Å²) in [6, 6.07) is 0. The molecule has 0 unspecified atom stereocenters. The Morgan fingerprint density at radius 1 is 1.59 bits per heavy atom. The fourth-order valence-electron chi connectivity index (χ4n) is 1.77.